The number of rotatable bonds is 4. The van der Waals surface area contributed by atoms with E-state index in [1.807, 2.05) is 19.1 Å². The summed E-state index contributed by atoms with van der Waals surface area (Å²) in [7, 11) is 0. The molecule has 2 fully saturated rings. The summed E-state index contributed by atoms with van der Waals surface area (Å²) in [5.74, 6) is 0.0935. The molecule has 5 nitrogen and oxygen atoms in total. The highest BCUT2D eigenvalue weighted by Gasteiger charge is 2.56. The SMILES string of the molecule is CCc1ccc(-c2sc(C)nc2C(=O)N2C[C@H]3C[C@H]3[C@H]2C(N)=O)cc1. The lowest BCUT2D eigenvalue weighted by Gasteiger charge is -2.24. The van der Waals surface area contributed by atoms with Crippen LogP contribution in [0.3, 0.4) is 0 Å². The Kier molecular flexibility index (Phi) is 3.87. The van der Waals surface area contributed by atoms with Crippen molar-refractivity contribution in [2.24, 2.45) is 17.6 Å². The fourth-order valence-corrected chi connectivity index (χ4v) is 4.75. The van der Waals surface area contributed by atoms with E-state index in [0.29, 0.717) is 18.2 Å². The van der Waals surface area contributed by atoms with Gasteiger partial charge >= 0.3 is 0 Å². The van der Waals surface area contributed by atoms with Crippen molar-refractivity contribution in [2.45, 2.75) is 32.7 Å². The molecular weight excluding hydrogens is 334 g/mol. The van der Waals surface area contributed by atoms with Gasteiger partial charge in [-0.1, -0.05) is 31.2 Å². The molecule has 2 amide bonds. The molecule has 0 bridgehead atoms. The van der Waals surface area contributed by atoms with Crippen molar-refractivity contribution in [3.05, 3.63) is 40.5 Å². The average Bonchev–Trinajstić information content (AvgIpc) is 3.08. The third-order valence-corrected chi connectivity index (χ3v) is 6.28. The highest BCUT2D eigenvalue weighted by atomic mass is 32.1. The van der Waals surface area contributed by atoms with Gasteiger partial charge in [0, 0.05) is 6.54 Å². The molecule has 2 aromatic rings. The van der Waals surface area contributed by atoms with Crippen LogP contribution in [0.15, 0.2) is 24.3 Å². The first-order valence-electron chi connectivity index (χ1n) is 8.66. The standard InChI is InChI=1S/C19H21N3O2S/c1-3-11-4-6-12(7-5-11)17-15(21-10(2)25-17)19(24)22-9-13-8-14(13)16(22)18(20)23/h4-7,13-14,16H,3,8-9H2,1-2H3,(H2,20,23)/t13-,14-,16+/m1/s1. The first kappa shape index (κ1) is 16.3. The summed E-state index contributed by atoms with van der Waals surface area (Å²) >= 11 is 1.51. The van der Waals surface area contributed by atoms with Gasteiger partial charge in [0.15, 0.2) is 0 Å². The number of nitrogens with zero attached hydrogens (tertiary/aromatic N) is 2. The maximum atomic E-state index is 13.1. The number of hydrogen-bond donors (Lipinski definition) is 1. The number of piperidine rings is 1. The highest BCUT2D eigenvalue weighted by Crippen LogP contribution is 2.50. The van der Waals surface area contributed by atoms with Crippen LogP contribution < -0.4 is 5.73 Å². The van der Waals surface area contributed by atoms with Crippen LogP contribution in [0.2, 0.25) is 0 Å². The van der Waals surface area contributed by atoms with E-state index in [-0.39, 0.29) is 11.8 Å². The van der Waals surface area contributed by atoms with E-state index < -0.39 is 11.9 Å². The Labute approximate surface area is 150 Å². The number of nitrogens with two attached hydrogens (primary N) is 1. The van der Waals surface area contributed by atoms with Gasteiger partial charge < -0.3 is 10.6 Å². The third kappa shape index (κ3) is 2.74. The van der Waals surface area contributed by atoms with Crippen molar-refractivity contribution in [1.82, 2.24) is 9.88 Å². The molecular formula is C19H21N3O2S. The number of aryl methyl sites for hydroxylation is 2. The minimum Gasteiger partial charge on any atom is -0.368 e. The fourth-order valence-electron chi connectivity index (χ4n) is 3.83. The van der Waals surface area contributed by atoms with E-state index in [4.69, 9.17) is 5.73 Å². The summed E-state index contributed by atoms with van der Waals surface area (Å²) < 4.78 is 0. The lowest BCUT2D eigenvalue weighted by molar-refractivity contribution is -0.122. The zero-order valence-electron chi connectivity index (χ0n) is 14.4. The first-order valence-corrected chi connectivity index (χ1v) is 9.48. The monoisotopic (exact) mass is 355 g/mol. The third-order valence-electron chi connectivity index (χ3n) is 5.26. The predicted molar refractivity (Wildman–Crippen MR) is 97.3 cm³/mol. The molecule has 2 heterocycles. The molecule has 1 aromatic carbocycles. The second kappa shape index (κ2) is 5.95. The van der Waals surface area contributed by atoms with Gasteiger partial charge in [0.2, 0.25) is 5.91 Å². The molecule has 6 heteroatoms. The smallest absolute Gasteiger partial charge is 0.274 e. The predicted octanol–water partition coefficient (Wildman–Crippen LogP) is 2.63. The van der Waals surface area contributed by atoms with E-state index in [1.165, 1.54) is 16.9 Å². The number of carbonyl (C=O) groups is 2. The van der Waals surface area contributed by atoms with Gasteiger partial charge in [-0.2, -0.15) is 0 Å². The van der Waals surface area contributed by atoms with Crippen LogP contribution in [0.4, 0.5) is 0 Å². The highest BCUT2D eigenvalue weighted by molar-refractivity contribution is 7.15. The molecule has 0 radical (unpaired) electrons. The zero-order valence-corrected chi connectivity index (χ0v) is 15.2. The molecule has 1 saturated heterocycles. The summed E-state index contributed by atoms with van der Waals surface area (Å²) in [6.45, 7) is 4.63. The summed E-state index contributed by atoms with van der Waals surface area (Å²) in [6, 6.07) is 7.76. The molecule has 0 unspecified atom stereocenters. The number of thiazole rings is 1. The lowest BCUT2D eigenvalue weighted by atomic mass is 10.1. The number of likely N-dealkylation sites (tertiary alicyclic amines) is 1. The van der Waals surface area contributed by atoms with Gasteiger partial charge in [-0.15, -0.1) is 11.3 Å². The molecule has 25 heavy (non-hydrogen) atoms. The largest absolute Gasteiger partial charge is 0.368 e. The van der Waals surface area contributed by atoms with E-state index in [2.05, 4.69) is 24.0 Å². The van der Waals surface area contributed by atoms with Crippen LogP contribution in [0.1, 0.15) is 34.4 Å². The topological polar surface area (TPSA) is 76.3 Å². The minimum absolute atomic E-state index is 0.171. The van der Waals surface area contributed by atoms with Crippen molar-refractivity contribution < 1.29 is 9.59 Å². The molecule has 4 rings (SSSR count). The molecule has 1 aliphatic heterocycles. The van der Waals surface area contributed by atoms with Crippen LogP contribution in [-0.2, 0) is 11.2 Å². The van der Waals surface area contributed by atoms with E-state index in [9.17, 15) is 9.59 Å². The molecule has 0 spiro atoms. The second-order valence-electron chi connectivity index (χ2n) is 6.93. The normalized spacial score (nSPS) is 24.2. The Hall–Kier alpha value is -2.21. The Morgan fingerprint density at radius 1 is 1.32 bits per heavy atom. The number of amides is 2. The summed E-state index contributed by atoms with van der Waals surface area (Å²) in [4.78, 5) is 31.9. The van der Waals surface area contributed by atoms with Crippen LogP contribution in [0.25, 0.3) is 10.4 Å². The molecule has 1 aliphatic carbocycles. The van der Waals surface area contributed by atoms with Gasteiger partial charge in [-0.05, 0) is 42.7 Å². The number of primary amides is 1. The average molecular weight is 355 g/mol. The van der Waals surface area contributed by atoms with Crippen LogP contribution in [0, 0.1) is 18.8 Å². The molecule has 3 atom stereocenters. The van der Waals surface area contributed by atoms with Gasteiger partial charge in [-0.3, -0.25) is 9.59 Å². The van der Waals surface area contributed by atoms with Crippen LogP contribution in [-0.4, -0.2) is 34.3 Å². The van der Waals surface area contributed by atoms with Crippen molar-refractivity contribution in [3.63, 3.8) is 0 Å². The van der Waals surface area contributed by atoms with E-state index >= 15 is 0 Å². The Balaban J connectivity index is 1.68. The number of fused-ring (bicyclic) bond motifs is 1. The summed E-state index contributed by atoms with van der Waals surface area (Å²) in [5, 5.41) is 0.845. The number of hydrogen-bond acceptors (Lipinski definition) is 4. The maximum absolute atomic E-state index is 13.1. The molecule has 2 N–H and O–H groups in total. The molecule has 1 aromatic heterocycles. The lowest BCUT2D eigenvalue weighted by Crippen LogP contribution is -2.46. The summed E-state index contributed by atoms with van der Waals surface area (Å²) in [5.41, 5.74) is 8.25. The van der Waals surface area contributed by atoms with Gasteiger partial charge in [0.1, 0.15) is 11.7 Å². The van der Waals surface area contributed by atoms with Gasteiger partial charge in [0.25, 0.3) is 5.91 Å². The zero-order chi connectivity index (χ0) is 17.7. The van der Waals surface area contributed by atoms with Crippen molar-refractivity contribution in [3.8, 4) is 10.4 Å². The molecule has 1 saturated carbocycles. The van der Waals surface area contributed by atoms with Gasteiger partial charge in [0.05, 0.1) is 9.88 Å². The van der Waals surface area contributed by atoms with E-state index in [1.54, 1.807) is 4.90 Å². The number of aromatic nitrogens is 1. The van der Waals surface area contributed by atoms with Crippen molar-refractivity contribution in [1.29, 1.82) is 0 Å². The van der Waals surface area contributed by atoms with Gasteiger partial charge in [-0.25, -0.2) is 4.98 Å². The Morgan fingerprint density at radius 3 is 2.68 bits per heavy atom. The number of carbonyl (C=O) groups excluding carboxylic acids is 2. The Bertz CT molecular complexity index is 843. The quantitative estimate of drug-likeness (QED) is 0.916. The molecule has 2 aliphatic rings. The number of benzene rings is 1. The second-order valence-corrected chi connectivity index (χ2v) is 8.13. The van der Waals surface area contributed by atoms with Crippen molar-refractivity contribution in [2.75, 3.05) is 6.54 Å². The minimum atomic E-state index is -0.477. The van der Waals surface area contributed by atoms with E-state index in [0.717, 1.165) is 28.3 Å². The van der Waals surface area contributed by atoms with Crippen LogP contribution in [0.5, 0.6) is 0 Å². The van der Waals surface area contributed by atoms with Crippen molar-refractivity contribution >= 4 is 23.2 Å². The first-order chi connectivity index (χ1) is 12.0. The molecule has 130 valence electrons. The summed E-state index contributed by atoms with van der Waals surface area (Å²) in [6.07, 6.45) is 1.98. The fraction of sp³-hybridized carbons (Fsp3) is 0.421. The maximum Gasteiger partial charge on any atom is 0.274 e. The Morgan fingerprint density at radius 2 is 2.04 bits per heavy atom. The van der Waals surface area contributed by atoms with Crippen LogP contribution >= 0.6 is 11.3 Å².